The summed E-state index contributed by atoms with van der Waals surface area (Å²) < 4.78 is 7.11. The molecule has 2 heterocycles. The molecular formula is C23H20N4O4. The van der Waals surface area contributed by atoms with Gasteiger partial charge in [-0.1, -0.05) is 12.1 Å². The SMILES string of the molecule is Cn1c(=O)c(C(=O)NCc2ccc(C#N)cc2)cc2ccnc(OCC3(C=O)CC3)c21. The molecular weight excluding hydrogens is 396 g/mol. The lowest BCUT2D eigenvalue weighted by Crippen LogP contribution is -2.32. The zero-order valence-corrected chi connectivity index (χ0v) is 16.9. The van der Waals surface area contributed by atoms with E-state index in [-0.39, 0.29) is 24.6 Å². The molecule has 31 heavy (non-hydrogen) atoms. The molecule has 2 aromatic heterocycles. The molecule has 1 fully saturated rings. The quantitative estimate of drug-likeness (QED) is 0.590. The topological polar surface area (TPSA) is 114 Å². The van der Waals surface area contributed by atoms with E-state index >= 15 is 0 Å². The minimum absolute atomic E-state index is 0.00681. The van der Waals surface area contributed by atoms with E-state index in [9.17, 15) is 14.4 Å². The molecule has 0 spiro atoms. The van der Waals surface area contributed by atoms with Crippen LogP contribution in [0.5, 0.6) is 5.88 Å². The van der Waals surface area contributed by atoms with E-state index in [0.29, 0.717) is 16.5 Å². The van der Waals surface area contributed by atoms with Crippen molar-refractivity contribution >= 4 is 23.1 Å². The minimum atomic E-state index is -0.496. The third-order valence-electron chi connectivity index (χ3n) is 5.51. The number of nitrogens with zero attached hydrogens (tertiary/aromatic N) is 3. The van der Waals surface area contributed by atoms with E-state index in [1.165, 1.54) is 10.6 Å². The lowest BCUT2D eigenvalue weighted by Gasteiger charge is -2.14. The molecule has 0 bridgehead atoms. The van der Waals surface area contributed by atoms with Crippen LogP contribution in [0.3, 0.4) is 0 Å². The highest BCUT2D eigenvalue weighted by molar-refractivity contribution is 5.98. The average Bonchev–Trinajstić information content (AvgIpc) is 3.59. The highest BCUT2D eigenvalue weighted by Gasteiger charge is 2.43. The molecule has 8 heteroatoms. The summed E-state index contributed by atoms with van der Waals surface area (Å²) in [7, 11) is 1.56. The van der Waals surface area contributed by atoms with Gasteiger partial charge in [-0.2, -0.15) is 5.26 Å². The number of aryl methyl sites for hydroxylation is 1. The number of ether oxygens (including phenoxy) is 1. The third kappa shape index (κ3) is 4.03. The molecule has 1 amide bonds. The van der Waals surface area contributed by atoms with Gasteiger partial charge in [0.15, 0.2) is 0 Å². The van der Waals surface area contributed by atoms with Crippen LogP contribution in [0.4, 0.5) is 0 Å². The van der Waals surface area contributed by atoms with Crippen LogP contribution in [0.2, 0.25) is 0 Å². The Kier molecular flexibility index (Phi) is 5.26. The van der Waals surface area contributed by atoms with Crippen molar-refractivity contribution in [1.29, 1.82) is 5.26 Å². The van der Waals surface area contributed by atoms with Crippen LogP contribution in [-0.4, -0.2) is 28.4 Å². The van der Waals surface area contributed by atoms with Crippen LogP contribution in [0, 0.1) is 16.7 Å². The molecule has 156 valence electrons. The van der Waals surface area contributed by atoms with Gasteiger partial charge in [0.05, 0.1) is 17.0 Å². The van der Waals surface area contributed by atoms with Gasteiger partial charge in [-0.15, -0.1) is 0 Å². The molecule has 1 saturated carbocycles. The summed E-state index contributed by atoms with van der Waals surface area (Å²) in [5.74, 6) is -0.237. The smallest absolute Gasteiger partial charge is 0.263 e. The summed E-state index contributed by atoms with van der Waals surface area (Å²) >= 11 is 0. The number of nitrogens with one attached hydrogen (secondary N) is 1. The number of pyridine rings is 2. The van der Waals surface area contributed by atoms with E-state index in [0.717, 1.165) is 24.7 Å². The van der Waals surface area contributed by atoms with Gasteiger partial charge >= 0.3 is 0 Å². The van der Waals surface area contributed by atoms with Gasteiger partial charge in [0.2, 0.25) is 5.88 Å². The van der Waals surface area contributed by atoms with Crippen molar-refractivity contribution in [2.75, 3.05) is 6.61 Å². The number of hydrogen-bond acceptors (Lipinski definition) is 6. The van der Waals surface area contributed by atoms with Gasteiger partial charge in [-0.05, 0) is 42.7 Å². The Balaban J connectivity index is 1.57. The maximum absolute atomic E-state index is 12.9. The Hall–Kier alpha value is -3.99. The number of fused-ring (bicyclic) bond motifs is 1. The Morgan fingerprint density at radius 2 is 2.06 bits per heavy atom. The number of benzene rings is 1. The van der Waals surface area contributed by atoms with Gasteiger partial charge in [0, 0.05) is 25.2 Å². The lowest BCUT2D eigenvalue weighted by atomic mass is 10.1. The van der Waals surface area contributed by atoms with Gasteiger partial charge < -0.3 is 19.4 Å². The summed E-state index contributed by atoms with van der Waals surface area (Å²) in [6, 6.07) is 12.1. The summed E-state index contributed by atoms with van der Waals surface area (Å²) in [5.41, 5.74) is 0.901. The Labute approximate surface area is 178 Å². The molecule has 0 saturated heterocycles. The molecule has 1 aliphatic carbocycles. The first-order valence-corrected chi connectivity index (χ1v) is 9.81. The summed E-state index contributed by atoms with van der Waals surface area (Å²) in [6.07, 6.45) is 4.02. The van der Waals surface area contributed by atoms with Crippen LogP contribution in [-0.2, 0) is 18.4 Å². The van der Waals surface area contributed by atoms with Crippen molar-refractivity contribution in [2.24, 2.45) is 12.5 Å². The molecule has 0 aliphatic heterocycles. The molecule has 8 nitrogen and oxygen atoms in total. The molecule has 0 radical (unpaired) electrons. The predicted octanol–water partition coefficient (Wildman–Crippen LogP) is 2.09. The van der Waals surface area contributed by atoms with E-state index < -0.39 is 16.9 Å². The highest BCUT2D eigenvalue weighted by Crippen LogP contribution is 2.43. The van der Waals surface area contributed by atoms with Crippen molar-refractivity contribution in [3.8, 4) is 11.9 Å². The standard InChI is InChI=1S/C23H20N4O4/c1-27-19-17(6-9-25-21(19)31-14-23(13-28)7-8-23)10-18(22(27)30)20(29)26-12-16-4-2-15(11-24)3-5-16/h2-6,9-10,13H,7-8,12,14H2,1H3,(H,26,29). The van der Waals surface area contributed by atoms with Gasteiger partial charge in [0.1, 0.15) is 24.0 Å². The first kappa shape index (κ1) is 20.3. The predicted molar refractivity (Wildman–Crippen MR) is 113 cm³/mol. The number of amides is 1. The van der Waals surface area contributed by atoms with Crippen LogP contribution < -0.4 is 15.6 Å². The summed E-state index contributed by atoms with van der Waals surface area (Å²) in [6.45, 7) is 0.438. The van der Waals surface area contributed by atoms with Gasteiger partial charge in [0.25, 0.3) is 11.5 Å². The average molecular weight is 416 g/mol. The van der Waals surface area contributed by atoms with Crippen molar-refractivity contribution in [3.05, 3.63) is 69.6 Å². The van der Waals surface area contributed by atoms with Crippen molar-refractivity contribution in [1.82, 2.24) is 14.9 Å². The number of nitriles is 1. The molecule has 0 unspecified atom stereocenters. The fourth-order valence-corrected chi connectivity index (χ4v) is 3.31. The molecule has 4 rings (SSSR count). The van der Waals surface area contributed by atoms with Gasteiger partial charge in [-0.25, -0.2) is 4.98 Å². The number of carbonyl (C=O) groups excluding carboxylic acids is 2. The van der Waals surface area contributed by atoms with Crippen molar-refractivity contribution in [2.45, 2.75) is 19.4 Å². The minimum Gasteiger partial charge on any atom is -0.475 e. The Bertz CT molecular complexity index is 1270. The monoisotopic (exact) mass is 416 g/mol. The van der Waals surface area contributed by atoms with E-state index in [1.54, 1.807) is 43.6 Å². The van der Waals surface area contributed by atoms with Crippen molar-refractivity contribution < 1.29 is 14.3 Å². The van der Waals surface area contributed by atoms with Crippen LogP contribution in [0.1, 0.15) is 34.3 Å². The van der Waals surface area contributed by atoms with Gasteiger partial charge in [-0.3, -0.25) is 9.59 Å². The van der Waals surface area contributed by atoms with Crippen LogP contribution in [0.15, 0.2) is 47.4 Å². The van der Waals surface area contributed by atoms with E-state index in [4.69, 9.17) is 10.00 Å². The number of rotatable bonds is 7. The van der Waals surface area contributed by atoms with Crippen LogP contribution >= 0.6 is 0 Å². The van der Waals surface area contributed by atoms with Crippen LogP contribution in [0.25, 0.3) is 10.9 Å². The largest absolute Gasteiger partial charge is 0.475 e. The number of carbonyl (C=O) groups is 2. The summed E-state index contributed by atoms with van der Waals surface area (Å²) in [4.78, 5) is 41.0. The molecule has 3 aromatic rings. The fraction of sp³-hybridized carbons (Fsp3) is 0.261. The maximum atomic E-state index is 12.9. The number of aromatic nitrogens is 2. The third-order valence-corrected chi connectivity index (χ3v) is 5.51. The highest BCUT2D eigenvalue weighted by atomic mass is 16.5. The Morgan fingerprint density at radius 1 is 1.32 bits per heavy atom. The van der Waals surface area contributed by atoms with E-state index in [2.05, 4.69) is 10.3 Å². The first-order valence-electron chi connectivity index (χ1n) is 9.81. The number of hydrogen-bond donors (Lipinski definition) is 1. The Morgan fingerprint density at radius 3 is 2.71 bits per heavy atom. The molecule has 1 aliphatic rings. The summed E-state index contributed by atoms with van der Waals surface area (Å²) in [5, 5.41) is 12.2. The second-order valence-electron chi connectivity index (χ2n) is 7.74. The fourth-order valence-electron chi connectivity index (χ4n) is 3.31. The molecule has 0 atom stereocenters. The molecule has 1 N–H and O–H groups in total. The zero-order valence-electron chi connectivity index (χ0n) is 16.9. The zero-order chi connectivity index (χ0) is 22.0. The normalized spacial score (nSPS) is 13.9. The lowest BCUT2D eigenvalue weighted by molar-refractivity contribution is -0.113. The second kappa shape index (κ2) is 8.03. The second-order valence-corrected chi connectivity index (χ2v) is 7.74. The van der Waals surface area contributed by atoms with Crippen molar-refractivity contribution in [3.63, 3.8) is 0 Å². The van der Waals surface area contributed by atoms with E-state index in [1.807, 2.05) is 6.07 Å². The first-order chi connectivity index (χ1) is 15.0. The molecule has 1 aromatic carbocycles. The maximum Gasteiger partial charge on any atom is 0.263 e. The number of aldehydes is 1.